The van der Waals surface area contributed by atoms with Gasteiger partial charge in [-0.3, -0.25) is 14.5 Å². The summed E-state index contributed by atoms with van der Waals surface area (Å²) in [6, 6.07) is 13.9. The van der Waals surface area contributed by atoms with Crippen LogP contribution in [0.2, 0.25) is 0 Å². The highest BCUT2D eigenvalue weighted by Crippen LogP contribution is 2.26. The zero-order valence-corrected chi connectivity index (χ0v) is 16.8. The van der Waals surface area contributed by atoms with Gasteiger partial charge in [-0.25, -0.2) is 4.79 Å². The van der Waals surface area contributed by atoms with Crippen molar-refractivity contribution in [3.05, 3.63) is 54.3 Å². The number of furan rings is 1. The van der Waals surface area contributed by atoms with Crippen LogP contribution in [0.5, 0.6) is 0 Å². The van der Waals surface area contributed by atoms with Crippen molar-refractivity contribution in [3.63, 3.8) is 0 Å². The van der Waals surface area contributed by atoms with Crippen molar-refractivity contribution in [2.24, 2.45) is 0 Å². The summed E-state index contributed by atoms with van der Waals surface area (Å²) >= 11 is 0. The first kappa shape index (κ1) is 19.5. The highest BCUT2D eigenvalue weighted by Gasteiger charge is 2.26. The van der Waals surface area contributed by atoms with Gasteiger partial charge in [-0.1, -0.05) is 13.0 Å². The number of carbonyl (C=O) groups is 3. The molecule has 1 aliphatic heterocycles. The van der Waals surface area contributed by atoms with E-state index in [0.29, 0.717) is 41.9 Å². The van der Waals surface area contributed by atoms with Gasteiger partial charge in [0.15, 0.2) is 5.76 Å². The number of nitrogens with one attached hydrogen (secondary N) is 2. The molecule has 154 valence electrons. The Morgan fingerprint density at radius 2 is 1.83 bits per heavy atom. The fourth-order valence-corrected chi connectivity index (χ4v) is 3.31. The third kappa shape index (κ3) is 3.84. The van der Waals surface area contributed by atoms with Crippen molar-refractivity contribution in [2.45, 2.75) is 13.3 Å². The Balaban J connectivity index is 1.51. The normalized spacial score (nSPS) is 13.7. The molecule has 2 N–H and O–H groups in total. The van der Waals surface area contributed by atoms with Gasteiger partial charge < -0.3 is 20.0 Å². The maximum absolute atomic E-state index is 12.7. The van der Waals surface area contributed by atoms with Gasteiger partial charge in [0.25, 0.3) is 5.91 Å². The first-order valence-electron chi connectivity index (χ1n) is 9.72. The van der Waals surface area contributed by atoms with Crippen LogP contribution in [0.4, 0.5) is 21.9 Å². The Bertz CT molecular complexity index is 1140. The third-order valence-corrected chi connectivity index (χ3v) is 4.98. The molecule has 4 amide bonds. The Morgan fingerprint density at radius 1 is 1.03 bits per heavy atom. The number of carbonyl (C=O) groups excluding carboxylic acids is 3. The molecule has 30 heavy (non-hydrogen) atoms. The van der Waals surface area contributed by atoms with Crippen LogP contribution in [0.3, 0.4) is 0 Å². The SMILES string of the molecule is CCC(=O)Nc1ccc2oc(C(=O)Nc3cccc(N4CCN(C)C4=O)c3)cc2c1. The largest absolute Gasteiger partial charge is 0.451 e. The van der Waals surface area contributed by atoms with Gasteiger partial charge in [0.1, 0.15) is 5.58 Å². The number of nitrogens with zero attached hydrogens (tertiary/aromatic N) is 2. The van der Waals surface area contributed by atoms with E-state index in [-0.39, 0.29) is 17.7 Å². The lowest BCUT2D eigenvalue weighted by Crippen LogP contribution is -2.29. The fourth-order valence-electron chi connectivity index (χ4n) is 3.31. The lowest BCUT2D eigenvalue weighted by molar-refractivity contribution is -0.115. The lowest BCUT2D eigenvalue weighted by atomic mass is 10.2. The van der Waals surface area contributed by atoms with Crippen molar-refractivity contribution >= 4 is 45.9 Å². The maximum atomic E-state index is 12.7. The van der Waals surface area contributed by atoms with Crippen molar-refractivity contribution in [3.8, 4) is 0 Å². The number of urea groups is 1. The second-order valence-corrected chi connectivity index (χ2v) is 7.13. The molecule has 4 rings (SSSR count). The molecule has 1 fully saturated rings. The van der Waals surface area contributed by atoms with Crippen LogP contribution < -0.4 is 15.5 Å². The highest BCUT2D eigenvalue weighted by molar-refractivity contribution is 6.05. The summed E-state index contributed by atoms with van der Waals surface area (Å²) in [5.41, 5.74) is 2.49. The Labute approximate surface area is 173 Å². The van der Waals surface area contributed by atoms with E-state index in [4.69, 9.17) is 4.42 Å². The molecule has 0 bridgehead atoms. The van der Waals surface area contributed by atoms with Crippen LogP contribution in [0.15, 0.2) is 52.9 Å². The molecule has 1 aromatic heterocycles. The minimum Gasteiger partial charge on any atom is -0.451 e. The molecule has 0 unspecified atom stereocenters. The topological polar surface area (TPSA) is 94.9 Å². The summed E-state index contributed by atoms with van der Waals surface area (Å²) in [6.45, 7) is 3.04. The lowest BCUT2D eigenvalue weighted by Gasteiger charge is -2.17. The van der Waals surface area contributed by atoms with Gasteiger partial charge in [0.2, 0.25) is 5.91 Å². The molecule has 1 saturated heterocycles. The van der Waals surface area contributed by atoms with E-state index in [0.717, 1.165) is 5.69 Å². The second kappa shape index (κ2) is 7.90. The van der Waals surface area contributed by atoms with Gasteiger partial charge in [0.05, 0.1) is 0 Å². The summed E-state index contributed by atoms with van der Waals surface area (Å²) in [6.07, 6.45) is 0.384. The maximum Gasteiger partial charge on any atom is 0.324 e. The zero-order valence-electron chi connectivity index (χ0n) is 16.8. The molecule has 0 saturated carbocycles. The Hall–Kier alpha value is -3.81. The molecule has 0 spiro atoms. The van der Waals surface area contributed by atoms with Crippen molar-refractivity contribution in [1.29, 1.82) is 0 Å². The first-order chi connectivity index (χ1) is 14.4. The van der Waals surface area contributed by atoms with E-state index in [1.165, 1.54) is 0 Å². The minimum absolute atomic E-state index is 0.0678. The van der Waals surface area contributed by atoms with Crippen LogP contribution in [-0.2, 0) is 4.79 Å². The van der Waals surface area contributed by atoms with Gasteiger partial charge in [0, 0.05) is 49.0 Å². The van der Waals surface area contributed by atoms with E-state index in [2.05, 4.69) is 10.6 Å². The minimum atomic E-state index is -0.396. The predicted molar refractivity (Wildman–Crippen MR) is 115 cm³/mol. The summed E-state index contributed by atoms with van der Waals surface area (Å²) < 4.78 is 5.65. The van der Waals surface area contributed by atoms with E-state index in [9.17, 15) is 14.4 Å². The molecule has 2 aromatic carbocycles. The summed E-state index contributed by atoms with van der Waals surface area (Å²) in [5, 5.41) is 6.31. The first-order valence-corrected chi connectivity index (χ1v) is 9.72. The van der Waals surface area contributed by atoms with E-state index < -0.39 is 5.91 Å². The molecule has 1 aliphatic rings. The summed E-state index contributed by atoms with van der Waals surface area (Å²) in [5.74, 6) is -0.322. The third-order valence-electron chi connectivity index (χ3n) is 4.98. The van der Waals surface area contributed by atoms with Crippen molar-refractivity contribution < 1.29 is 18.8 Å². The Kier molecular flexibility index (Phi) is 5.14. The number of hydrogen-bond acceptors (Lipinski definition) is 4. The number of fused-ring (bicyclic) bond motifs is 1. The summed E-state index contributed by atoms with van der Waals surface area (Å²) in [4.78, 5) is 39.8. The fraction of sp³-hybridized carbons (Fsp3) is 0.227. The van der Waals surface area contributed by atoms with Crippen LogP contribution in [-0.4, -0.2) is 42.9 Å². The highest BCUT2D eigenvalue weighted by atomic mass is 16.3. The smallest absolute Gasteiger partial charge is 0.324 e. The summed E-state index contributed by atoms with van der Waals surface area (Å²) in [7, 11) is 1.76. The van der Waals surface area contributed by atoms with E-state index in [1.807, 2.05) is 6.07 Å². The Morgan fingerprint density at radius 3 is 2.57 bits per heavy atom. The zero-order chi connectivity index (χ0) is 21.3. The predicted octanol–water partition coefficient (Wildman–Crippen LogP) is 3.91. The number of hydrogen-bond donors (Lipinski definition) is 2. The average Bonchev–Trinajstić information content (AvgIpc) is 3.31. The van der Waals surface area contributed by atoms with Crippen molar-refractivity contribution in [1.82, 2.24) is 4.90 Å². The second-order valence-electron chi connectivity index (χ2n) is 7.13. The van der Waals surface area contributed by atoms with E-state index >= 15 is 0 Å². The van der Waals surface area contributed by atoms with Crippen LogP contribution >= 0.6 is 0 Å². The van der Waals surface area contributed by atoms with Crippen LogP contribution in [0.25, 0.3) is 11.0 Å². The number of amides is 4. The molecule has 8 nitrogen and oxygen atoms in total. The molecule has 0 atom stereocenters. The number of anilines is 3. The molecule has 8 heteroatoms. The van der Waals surface area contributed by atoms with Crippen molar-refractivity contribution in [2.75, 3.05) is 35.7 Å². The number of likely N-dealkylation sites (N-methyl/N-ethyl adjacent to an activating group) is 1. The van der Waals surface area contributed by atoms with E-state index in [1.54, 1.807) is 66.2 Å². The molecule has 0 radical (unpaired) electrons. The van der Waals surface area contributed by atoms with Gasteiger partial charge in [-0.2, -0.15) is 0 Å². The number of benzene rings is 2. The van der Waals surface area contributed by atoms with Gasteiger partial charge in [-0.15, -0.1) is 0 Å². The van der Waals surface area contributed by atoms with Crippen LogP contribution in [0.1, 0.15) is 23.9 Å². The quantitative estimate of drug-likeness (QED) is 0.672. The van der Waals surface area contributed by atoms with Gasteiger partial charge in [-0.05, 0) is 42.5 Å². The standard InChI is InChI=1S/C22H22N4O4/c1-3-20(27)23-16-7-8-18-14(11-16)12-19(30-18)21(28)24-15-5-4-6-17(13-15)26-10-9-25(2)22(26)29/h4-8,11-13H,3,9-10H2,1-2H3,(H,23,27)(H,24,28). The monoisotopic (exact) mass is 406 g/mol. The number of rotatable bonds is 5. The molecular formula is C22H22N4O4. The molecule has 2 heterocycles. The molecule has 3 aromatic rings. The average molecular weight is 406 g/mol. The van der Waals surface area contributed by atoms with Crippen LogP contribution in [0, 0.1) is 0 Å². The molecule has 0 aliphatic carbocycles. The van der Waals surface area contributed by atoms with Gasteiger partial charge >= 0.3 is 6.03 Å². The molecular weight excluding hydrogens is 384 g/mol.